The Hall–Kier alpha value is -3.65. The maximum Gasteiger partial charge on any atom is 0.349 e. The van der Waals surface area contributed by atoms with Crippen LogP contribution in [0.2, 0.25) is 0 Å². The summed E-state index contributed by atoms with van der Waals surface area (Å²) in [5.41, 5.74) is 0.377. The molecule has 28 heavy (non-hydrogen) atoms. The standard InChI is InChI=1S/C20H14N2O5S/c1-11-15-17(28-16(11)18(23)24)22-20(27-19(15)25)21-12-7-9-14(10-8-12)26-13-5-3-2-4-6-13/h2-10H,1H3,(H,21,22)(H,23,24). The minimum absolute atomic E-state index is 0.00702. The second kappa shape index (κ2) is 7.16. The molecule has 0 saturated heterocycles. The molecule has 0 aliphatic heterocycles. The average Bonchev–Trinajstić information content (AvgIpc) is 3.01. The third kappa shape index (κ3) is 3.45. The maximum absolute atomic E-state index is 12.3. The minimum Gasteiger partial charge on any atom is -0.477 e. The first kappa shape index (κ1) is 17.7. The number of fused-ring (bicyclic) bond motifs is 1. The molecule has 2 aromatic heterocycles. The Morgan fingerprint density at radius 3 is 2.46 bits per heavy atom. The second-order valence-electron chi connectivity index (χ2n) is 5.91. The molecule has 0 spiro atoms. The molecule has 0 amide bonds. The molecule has 4 rings (SSSR count). The average molecular weight is 394 g/mol. The highest BCUT2D eigenvalue weighted by Gasteiger charge is 2.19. The number of ether oxygens (including phenoxy) is 1. The highest BCUT2D eigenvalue weighted by atomic mass is 32.1. The van der Waals surface area contributed by atoms with Gasteiger partial charge in [0.05, 0.1) is 0 Å². The molecule has 7 nitrogen and oxygen atoms in total. The first-order valence-corrected chi connectivity index (χ1v) is 9.10. The number of rotatable bonds is 5. The lowest BCUT2D eigenvalue weighted by Gasteiger charge is -2.07. The zero-order valence-corrected chi connectivity index (χ0v) is 15.4. The van der Waals surface area contributed by atoms with Gasteiger partial charge in [0.2, 0.25) is 0 Å². The van der Waals surface area contributed by atoms with Gasteiger partial charge >= 0.3 is 17.6 Å². The zero-order chi connectivity index (χ0) is 19.7. The number of hydrogen-bond acceptors (Lipinski definition) is 7. The van der Waals surface area contributed by atoms with Crippen LogP contribution in [0.5, 0.6) is 11.5 Å². The normalized spacial score (nSPS) is 10.8. The quantitative estimate of drug-likeness (QED) is 0.502. The molecule has 0 aliphatic carbocycles. The van der Waals surface area contributed by atoms with Crippen LogP contribution in [0.1, 0.15) is 15.2 Å². The number of carboxylic acid groups (broad SMARTS) is 1. The summed E-state index contributed by atoms with van der Waals surface area (Å²) in [6, 6.07) is 16.4. The Balaban J connectivity index is 1.58. The molecular formula is C20H14N2O5S. The van der Waals surface area contributed by atoms with Gasteiger partial charge in [-0.25, -0.2) is 9.59 Å². The van der Waals surface area contributed by atoms with Crippen LogP contribution in [0.4, 0.5) is 11.7 Å². The van der Waals surface area contributed by atoms with Gasteiger partial charge in [0, 0.05) is 5.69 Å². The lowest BCUT2D eigenvalue weighted by atomic mass is 10.2. The van der Waals surface area contributed by atoms with E-state index in [0.29, 0.717) is 21.8 Å². The summed E-state index contributed by atoms with van der Waals surface area (Å²) in [6.45, 7) is 1.57. The van der Waals surface area contributed by atoms with Crippen molar-refractivity contribution in [2.45, 2.75) is 6.92 Å². The molecule has 4 aromatic rings. The van der Waals surface area contributed by atoms with Gasteiger partial charge in [-0.2, -0.15) is 4.98 Å². The molecule has 0 bridgehead atoms. The van der Waals surface area contributed by atoms with Crippen LogP contribution in [0, 0.1) is 6.92 Å². The lowest BCUT2D eigenvalue weighted by molar-refractivity contribution is 0.0701. The number of thiophene rings is 1. The van der Waals surface area contributed by atoms with Crippen LogP contribution in [0.15, 0.2) is 63.8 Å². The summed E-state index contributed by atoms with van der Waals surface area (Å²) in [7, 11) is 0. The van der Waals surface area contributed by atoms with Crippen molar-refractivity contribution in [3.63, 3.8) is 0 Å². The summed E-state index contributed by atoms with van der Waals surface area (Å²) in [4.78, 5) is 28.1. The van der Waals surface area contributed by atoms with Gasteiger partial charge in [-0.15, -0.1) is 11.3 Å². The molecule has 2 N–H and O–H groups in total. The van der Waals surface area contributed by atoms with E-state index in [1.54, 1.807) is 31.2 Å². The fourth-order valence-corrected chi connectivity index (χ4v) is 3.69. The van der Waals surface area contributed by atoms with E-state index in [4.69, 9.17) is 9.15 Å². The largest absolute Gasteiger partial charge is 0.477 e. The van der Waals surface area contributed by atoms with Crippen molar-refractivity contribution in [2.24, 2.45) is 0 Å². The Morgan fingerprint density at radius 2 is 1.79 bits per heavy atom. The van der Waals surface area contributed by atoms with Gasteiger partial charge in [0.25, 0.3) is 0 Å². The van der Waals surface area contributed by atoms with E-state index in [-0.39, 0.29) is 16.3 Å². The van der Waals surface area contributed by atoms with E-state index in [1.165, 1.54) is 0 Å². The van der Waals surface area contributed by atoms with Crippen LogP contribution in [0.25, 0.3) is 10.2 Å². The third-order valence-corrected chi connectivity index (χ3v) is 5.18. The summed E-state index contributed by atoms with van der Waals surface area (Å²) >= 11 is 0.944. The smallest absolute Gasteiger partial charge is 0.349 e. The molecule has 2 heterocycles. The van der Waals surface area contributed by atoms with Gasteiger partial charge in [0.1, 0.15) is 26.6 Å². The van der Waals surface area contributed by atoms with Crippen LogP contribution >= 0.6 is 11.3 Å². The summed E-state index contributed by atoms with van der Waals surface area (Å²) in [5.74, 6) is 0.286. The first-order chi connectivity index (χ1) is 13.5. The topological polar surface area (TPSA) is 102 Å². The van der Waals surface area contributed by atoms with Crippen molar-refractivity contribution in [1.82, 2.24) is 4.98 Å². The number of aromatic nitrogens is 1. The van der Waals surface area contributed by atoms with Crippen LogP contribution in [0.3, 0.4) is 0 Å². The molecule has 0 aliphatic rings. The number of para-hydroxylation sites is 1. The predicted molar refractivity (Wildman–Crippen MR) is 106 cm³/mol. The van der Waals surface area contributed by atoms with Gasteiger partial charge < -0.3 is 19.6 Å². The number of hydrogen-bond donors (Lipinski definition) is 2. The van der Waals surface area contributed by atoms with Crippen molar-refractivity contribution in [2.75, 3.05) is 5.32 Å². The van der Waals surface area contributed by atoms with Crippen LogP contribution in [-0.2, 0) is 0 Å². The fraction of sp³-hybridized carbons (Fsp3) is 0.0500. The number of carbonyl (C=O) groups is 1. The van der Waals surface area contributed by atoms with Crippen molar-refractivity contribution in [3.05, 3.63) is 75.5 Å². The minimum atomic E-state index is -1.09. The Labute approximate surface area is 162 Å². The number of nitrogens with zero attached hydrogens (tertiary/aromatic N) is 1. The van der Waals surface area contributed by atoms with Gasteiger partial charge in [-0.3, -0.25) is 0 Å². The SMILES string of the molecule is Cc1c(C(=O)O)sc2nc(Nc3ccc(Oc4ccccc4)cc3)oc(=O)c12. The number of aryl methyl sites for hydroxylation is 1. The van der Waals surface area contributed by atoms with E-state index >= 15 is 0 Å². The van der Waals surface area contributed by atoms with Crippen molar-refractivity contribution in [3.8, 4) is 11.5 Å². The number of anilines is 2. The number of nitrogens with one attached hydrogen (secondary N) is 1. The number of aromatic carboxylic acids is 1. The molecule has 0 fully saturated rings. The third-order valence-electron chi connectivity index (χ3n) is 4.00. The molecule has 140 valence electrons. The monoisotopic (exact) mass is 394 g/mol. The molecule has 0 atom stereocenters. The number of carboxylic acids is 1. The van der Waals surface area contributed by atoms with E-state index in [1.807, 2.05) is 30.3 Å². The Bertz CT molecular complexity index is 1210. The van der Waals surface area contributed by atoms with Crippen molar-refractivity contribution < 1.29 is 19.1 Å². The number of benzene rings is 2. The molecule has 0 radical (unpaired) electrons. The van der Waals surface area contributed by atoms with E-state index < -0.39 is 11.6 Å². The summed E-state index contributed by atoms with van der Waals surface area (Å²) < 4.78 is 10.9. The fourth-order valence-electron chi connectivity index (χ4n) is 2.68. The van der Waals surface area contributed by atoms with Gasteiger partial charge in [-0.05, 0) is 48.9 Å². The molecule has 0 saturated carbocycles. The van der Waals surface area contributed by atoms with Crippen molar-refractivity contribution >= 4 is 39.2 Å². The second-order valence-corrected chi connectivity index (χ2v) is 6.91. The van der Waals surface area contributed by atoms with Gasteiger partial charge in [-0.1, -0.05) is 18.2 Å². The van der Waals surface area contributed by atoms with E-state index in [9.17, 15) is 14.7 Å². The summed E-state index contributed by atoms with van der Waals surface area (Å²) in [5, 5.41) is 12.3. The highest BCUT2D eigenvalue weighted by Crippen LogP contribution is 2.29. The Morgan fingerprint density at radius 1 is 1.11 bits per heavy atom. The van der Waals surface area contributed by atoms with E-state index in [0.717, 1.165) is 17.1 Å². The molecule has 0 unspecified atom stereocenters. The zero-order valence-electron chi connectivity index (χ0n) is 14.6. The van der Waals surface area contributed by atoms with Crippen LogP contribution in [-0.4, -0.2) is 16.1 Å². The maximum atomic E-state index is 12.3. The summed E-state index contributed by atoms with van der Waals surface area (Å²) in [6.07, 6.45) is 0. The van der Waals surface area contributed by atoms with E-state index in [2.05, 4.69) is 10.3 Å². The first-order valence-electron chi connectivity index (χ1n) is 8.29. The highest BCUT2D eigenvalue weighted by molar-refractivity contribution is 7.20. The van der Waals surface area contributed by atoms with Gasteiger partial charge in [0.15, 0.2) is 0 Å². The predicted octanol–water partition coefficient (Wildman–Crippen LogP) is 4.79. The molecular weight excluding hydrogens is 380 g/mol. The van der Waals surface area contributed by atoms with Crippen molar-refractivity contribution in [1.29, 1.82) is 0 Å². The molecule has 2 aromatic carbocycles. The Kier molecular flexibility index (Phi) is 4.54. The lowest BCUT2D eigenvalue weighted by Crippen LogP contribution is -2.05. The van der Waals surface area contributed by atoms with Crippen LogP contribution < -0.4 is 15.7 Å². The molecule has 8 heteroatoms.